The van der Waals surface area contributed by atoms with E-state index in [-0.39, 0.29) is 6.61 Å². The van der Waals surface area contributed by atoms with Crippen molar-refractivity contribution in [3.8, 4) is 0 Å². The van der Waals surface area contributed by atoms with Crippen LogP contribution in [0.4, 0.5) is 4.79 Å². The molecule has 2 amide bonds. The molecule has 0 aromatic heterocycles. The van der Waals surface area contributed by atoms with E-state index in [1.807, 2.05) is 0 Å². The second-order valence-electron chi connectivity index (χ2n) is 5.07. The van der Waals surface area contributed by atoms with Gasteiger partial charge in [-0.05, 0) is 34.6 Å². The lowest BCUT2D eigenvalue weighted by Crippen LogP contribution is -2.55. The predicted molar refractivity (Wildman–Crippen MR) is 68.7 cm³/mol. The molecular weight excluding hydrogens is 252 g/mol. The van der Waals surface area contributed by atoms with Crippen LogP contribution >= 0.6 is 0 Å². The zero-order valence-corrected chi connectivity index (χ0v) is 12.0. The Bertz CT molecular complexity index is 349. The number of aliphatic carboxylic acids is 1. The minimum absolute atomic E-state index is 0.219. The van der Waals surface area contributed by atoms with E-state index in [4.69, 9.17) is 9.84 Å². The van der Waals surface area contributed by atoms with E-state index >= 15 is 0 Å². The third-order valence-electron chi connectivity index (χ3n) is 2.33. The molecule has 7 nitrogen and oxygen atoms in total. The van der Waals surface area contributed by atoms with Gasteiger partial charge in [0.15, 0.2) is 0 Å². The molecule has 2 N–H and O–H groups in total. The van der Waals surface area contributed by atoms with Crippen LogP contribution in [0.15, 0.2) is 0 Å². The minimum Gasteiger partial charge on any atom is -0.480 e. The summed E-state index contributed by atoms with van der Waals surface area (Å²) in [6, 6.07) is -1.44. The van der Waals surface area contributed by atoms with E-state index in [9.17, 15) is 14.4 Å². The van der Waals surface area contributed by atoms with Gasteiger partial charge in [0.1, 0.15) is 12.6 Å². The summed E-state index contributed by atoms with van der Waals surface area (Å²) in [5, 5.41) is 11.2. The highest BCUT2D eigenvalue weighted by molar-refractivity contribution is 5.85. The first-order valence-electron chi connectivity index (χ1n) is 6.06. The Hall–Kier alpha value is -1.79. The predicted octanol–water partition coefficient (Wildman–Crippen LogP) is 0.833. The molecule has 0 radical (unpaired) electrons. The first kappa shape index (κ1) is 17.2. The summed E-state index contributed by atoms with van der Waals surface area (Å²) in [6.45, 7) is 8.07. The van der Waals surface area contributed by atoms with Gasteiger partial charge in [-0.2, -0.15) is 0 Å². The van der Waals surface area contributed by atoms with E-state index in [1.54, 1.807) is 27.7 Å². The lowest BCUT2D eigenvalue weighted by Gasteiger charge is -2.34. The second-order valence-corrected chi connectivity index (χ2v) is 5.07. The van der Waals surface area contributed by atoms with Gasteiger partial charge in [0.05, 0.1) is 6.61 Å². The summed E-state index contributed by atoms with van der Waals surface area (Å²) in [5.41, 5.74) is -0.670. The van der Waals surface area contributed by atoms with Crippen LogP contribution in [0.2, 0.25) is 0 Å². The van der Waals surface area contributed by atoms with Gasteiger partial charge in [-0.25, -0.2) is 9.59 Å². The number of carbonyl (C=O) groups excluding carboxylic acids is 2. The lowest BCUT2D eigenvalue weighted by atomic mass is 10.1. The maximum absolute atomic E-state index is 12.0. The number of hydrogen-bond donors (Lipinski definition) is 2. The molecule has 7 heteroatoms. The quantitative estimate of drug-likeness (QED) is 0.724. The SMILES string of the molecule is CCOC(=O)C(C)NC(=O)N(CC(=O)O)C(C)(C)C. The van der Waals surface area contributed by atoms with Crippen molar-refractivity contribution in [3.05, 3.63) is 0 Å². The number of carboxylic acid groups (broad SMARTS) is 1. The molecule has 0 aliphatic rings. The third kappa shape index (κ3) is 6.08. The first-order chi connectivity index (χ1) is 8.59. The van der Waals surface area contributed by atoms with Crippen LogP contribution in [-0.4, -0.2) is 52.7 Å². The van der Waals surface area contributed by atoms with Crippen LogP contribution < -0.4 is 5.32 Å². The van der Waals surface area contributed by atoms with Crippen LogP contribution in [0.3, 0.4) is 0 Å². The van der Waals surface area contributed by atoms with Crippen molar-refractivity contribution < 1.29 is 24.2 Å². The molecule has 1 unspecified atom stereocenters. The molecule has 0 aromatic carbocycles. The Labute approximate surface area is 112 Å². The number of urea groups is 1. The molecule has 0 aliphatic heterocycles. The minimum atomic E-state index is -1.12. The largest absolute Gasteiger partial charge is 0.480 e. The zero-order valence-electron chi connectivity index (χ0n) is 12.0. The van der Waals surface area contributed by atoms with E-state index in [0.717, 1.165) is 4.90 Å². The molecule has 0 aromatic rings. The van der Waals surface area contributed by atoms with Gasteiger partial charge < -0.3 is 20.1 Å². The number of carbonyl (C=O) groups is 3. The highest BCUT2D eigenvalue weighted by Gasteiger charge is 2.30. The van der Waals surface area contributed by atoms with Gasteiger partial charge >= 0.3 is 18.0 Å². The Morgan fingerprint density at radius 3 is 2.21 bits per heavy atom. The Morgan fingerprint density at radius 2 is 1.84 bits per heavy atom. The number of esters is 1. The number of ether oxygens (including phenoxy) is 1. The van der Waals surface area contributed by atoms with Crippen molar-refractivity contribution in [2.75, 3.05) is 13.2 Å². The Morgan fingerprint density at radius 1 is 1.32 bits per heavy atom. The summed E-state index contributed by atoms with van der Waals surface area (Å²) < 4.78 is 4.76. The van der Waals surface area contributed by atoms with Crippen LogP contribution in [0.25, 0.3) is 0 Å². The molecule has 0 saturated heterocycles. The Balaban J connectivity index is 4.74. The lowest BCUT2D eigenvalue weighted by molar-refractivity contribution is -0.144. The highest BCUT2D eigenvalue weighted by atomic mass is 16.5. The molecule has 0 rings (SSSR count). The Kier molecular flexibility index (Phi) is 6.31. The first-order valence-corrected chi connectivity index (χ1v) is 6.06. The third-order valence-corrected chi connectivity index (χ3v) is 2.33. The van der Waals surface area contributed by atoms with Crippen molar-refractivity contribution in [2.45, 2.75) is 46.2 Å². The number of carboxylic acids is 1. The van der Waals surface area contributed by atoms with Crippen LogP contribution in [-0.2, 0) is 14.3 Å². The molecule has 0 bridgehead atoms. The molecular formula is C12H22N2O5. The fraction of sp³-hybridized carbons (Fsp3) is 0.750. The van der Waals surface area contributed by atoms with Gasteiger partial charge in [-0.1, -0.05) is 0 Å². The monoisotopic (exact) mass is 274 g/mol. The normalized spacial score (nSPS) is 12.5. The average molecular weight is 274 g/mol. The summed E-state index contributed by atoms with van der Waals surface area (Å²) in [7, 11) is 0. The summed E-state index contributed by atoms with van der Waals surface area (Å²) in [4.78, 5) is 35.3. The number of amides is 2. The van der Waals surface area contributed by atoms with Gasteiger partial charge in [-0.3, -0.25) is 4.79 Å². The molecule has 110 valence electrons. The van der Waals surface area contributed by atoms with Crippen molar-refractivity contribution in [3.63, 3.8) is 0 Å². The maximum atomic E-state index is 12.0. The van der Waals surface area contributed by atoms with Gasteiger partial charge in [-0.15, -0.1) is 0 Å². The second kappa shape index (κ2) is 6.96. The topological polar surface area (TPSA) is 95.9 Å². The van der Waals surface area contributed by atoms with Crippen molar-refractivity contribution in [1.29, 1.82) is 0 Å². The van der Waals surface area contributed by atoms with Crippen LogP contribution in [0, 0.1) is 0 Å². The van der Waals surface area contributed by atoms with E-state index in [0.29, 0.717) is 0 Å². The molecule has 0 saturated carbocycles. The maximum Gasteiger partial charge on any atom is 0.328 e. The molecule has 0 fully saturated rings. The van der Waals surface area contributed by atoms with Crippen molar-refractivity contribution >= 4 is 18.0 Å². The zero-order chi connectivity index (χ0) is 15.2. The highest BCUT2D eigenvalue weighted by Crippen LogP contribution is 2.13. The van der Waals surface area contributed by atoms with Crippen LogP contribution in [0.5, 0.6) is 0 Å². The molecule has 0 spiro atoms. The summed E-state index contributed by atoms with van der Waals surface area (Å²) in [5.74, 6) is -1.67. The summed E-state index contributed by atoms with van der Waals surface area (Å²) >= 11 is 0. The van der Waals surface area contributed by atoms with E-state index in [1.165, 1.54) is 6.92 Å². The number of nitrogens with zero attached hydrogens (tertiary/aromatic N) is 1. The summed E-state index contributed by atoms with van der Waals surface area (Å²) in [6.07, 6.45) is 0. The molecule has 0 aliphatic carbocycles. The fourth-order valence-corrected chi connectivity index (χ4v) is 1.34. The van der Waals surface area contributed by atoms with E-state index in [2.05, 4.69) is 5.32 Å². The molecule has 19 heavy (non-hydrogen) atoms. The number of hydrogen-bond acceptors (Lipinski definition) is 4. The van der Waals surface area contributed by atoms with Gasteiger partial charge in [0.25, 0.3) is 0 Å². The van der Waals surface area contributed by atoms with Gasteiger partial charge in [0.2, 0.25) is 0 Å². The molecule has 0 heterocycles. The van der Waals surface area contributed by atoms with E-state index < -0.39 is 36.1 Å². The van der Waals surface area contributed by atoms with Gasteiger partial charge in [0, 0.05) is 5.54 Å². The number of rotatable bonds is 5. The van der Waals surface area contributed by atoms with Crippen molar-refractivity contribution in [1.82, 2.24) is 10.2 Å². The smallest absolute Gasteiger partial charge is 0.328 e. The van der Waals surface area contributed by atoms with Crippen molar-refractivity contribution in [2.24, 2.45) is 0 Å². The average Bonchev–Trinajstić information content (AvgIpc) is 2.24. The number of nitrogens with one attached hydrogen (secondary N) is 1. The standard InChI is InChI=1S/C12H22N2O5/c1-6-19-10(17)8(2)13-11(18)14(7-9(15)16)12(3,4)5/h8H,6-7H2,1-5H3,(H,13,18)(H,15,16). The fourth-order valence-electron chi connectivity index (χ4n) is 1.34. The molecule has 1 atom stereocenters. The van der Waals surface area contributed by atoms with Crippen LogP contribution in [0.1, 0.15) is 34.6 Å².